The molecule has 0 fully saturated rings. The third-order valence-electron chi connectivity index (χ3n) is 15.8. The summed E-state index contributed by atoms with van der Waals surface area (Å²) in [5, 5.41) is 4.61. The average molecular weight is 1020 g/mol. The van der Waals surface area contributed by atoms with Crippen LogP contribution in [0, 0.1) is 0 Å². The van der Waals surface area contributed by atoms with E-state index in [4.69, 9.17) is 9.41 Å². The molecule has 378 valence electrons. The molecule has 0 amide bonds. The van der Waals surface area contributed by atoms with Gasteiger partial charge in [0, 0.05) is 39.6 Å². The molecule has 2 aromatic heterocycles. The molecule has 3 heteroatoms. The first-order valence-corrected chi connectivity index (χ1v) is 27.4. The molecule has 1 aliphatic carbocycles. The van der Waals surface area contributed by atoms with Crippen LogP contribution in [0.3, 0.4) is 0 Å². The van der Waals surface area contributed by atoms with Crippen LogP contribution < -0.4 is 0 Å². The fourth-order valence-electron chi connectivity index (χ4n) is 11.8. The van der Waals surface area contributed by atoms with Crippen LogP contribution in [0.2, 0.25) is 0 Å². The molecule has 13 rings (SSSR count). The van der Waals surface area contributed by atoms with Crippen LogP contribution in [0.1, 0.15) is 66.0 Å². The molecular formula is C76H58N2O. The maximum atomic E-state index is 6.64. The number of benzene rings is 10. The van der Waals surface area contributed by atoms with Crippen LogP contribution in [0.15, 0.2) is 294 Å². The van der Waals surface area contributed by atoms with Gasteiger partial charge in [-0.15, -0.1) is 0 Å². The number of hydrogen-bond donors (Lipinski definition) is 0. The second-order valence-electron chi connectivity index (χ2n) is 20.6. The molecule has 79 heavy (non-hydrogen) atoms. The van der Waals surface area contributed by atoms with Gasteiger partial charge < -0.3 is 8.98 Å². The van der Waals surface area contributed by atoms with Crippen molar-refractivity contribution in [3.63, 3.8) is 0 Å². The second-order valence-corrected chi connectivity index (χ2v) is 20.6. The van der Waals surface area contributed by atoms with Crippen LogP contribution in [0.25, 0.3) is 94.6 Å². The molecule has 0 spiro atoms. The third kappa shape index (κ3) is 9.51. The number of rotatable bonds is 12. The Morgan fingerprint density at radius 3 is 1.95 bits per heavy atom. The summed E-state index contributed by atoms with van der Waals surface area (Å²) in [4.78, 5) is 5.36. The van der Waals surface area contributed by atoms with E-state index in [-0.39, 0.29) is 5.92 Å². The highest BCUT2D eigenvalue weighted by Crippen LogP contribution is 2.45. The zero-order chi connectivity index (χ0) is 53.2. The summed E-state index contributed by atoms with van der Waals surface area (Å²) < 4.78 is 9.05. The molecule has 0 saturated heterocycles. The Morgan fingerprint density at radius 1 is 0.557 bits per heavy atom. The van der Waals surface area contributed by atoms with Gasteiger partial charge in [0.2, 0.25) is 0 Å². The third-order valence-corrected chi connectivity index (χ3v) is 15.8. The Hall–Kier alpha value is -9.83. The van der Waals surface area contributed by atoms with Gasteiger partial charge in [-0.2, -0.15) is 0 Å². The summed E-state index contributed by atoms with van der Waals surface area (Å²) in [7, 11) is 0. The van der Waals surface area contributed by atoms with Crippen molar-refractivity contribution in [2.24, 2.45) is 4.99 Å². The topological polar surface area (TPSA) is 30.4 Å². The Labute approximate surface area is 462 Å². The van der Waals surface area contributed by atoms with E-state index >= 15 is 0 Å². The van der Waals surface area contributed by atoms with E-state index in [1.54, 1.807) is 0 Å². The van der Waals surface area contributed by atoms with Gasteiger partial charge in [-0.05, 0) is 147 Å². The normalized spacial score (nSPS) is 14.5. The lowest BCUT2D eigenvalue weighted by molar-refractivity contribution is 0.669. The number of para-hydroxylation sites is 1. The number of fused-ring (bicyclic) bond motifs is 6. The first-order chi connectivity index (χ1) is 39.0. The maximum Gasteiger partial charge on any atom is 0.136 e. The van der Waals surface area contributed by atoms with E-state index in [0.717, 1.165) is 95.5 Å². The number of allylic oxidation sites excluding steroid dienone is 7. The highest BCUT2D eigenvalue weighted by atomic mass is 16.3. The Bertz CT molecular complexity index is 4410. The molecule has 1 atom stereocenters. The minimum Gasteiger partial charge on any atom is -0.456 e. The lowest BCUT2D eigenvalue weighted by Gasteiger charge is -2.19. The number of hydrogen-bond acceptors (Lipinski definition) is 2. The summed E-state index contributed by atoms with van der Waals surface area (Å²) in [6, 6.07) is 89.3. The van der Waals surface area contributed by atoms with E-state index in [1.165, 1.54) is 49.7 Å². The summed E-state index contributed by atoms with van der Waals surface area (Å²) in [5.41, 5.74) is 23.7. The Balaban J connectivity index is 0.863. The van der Waals surface area contributed by atoms with Crippen molar-refractivity contribution in [1.82, 2.24) is 4.57 Å². The van der Waals surface area contributed by atoms with E-state index in [9.17, 15) is 0 Å². The van der Waals surface area contributed by atoms with Gasteiger partial charge in [0.25, 0.3) is 0 Å². The minimum absolute atomic E-state index is 0.0765. The van der Waals surface area contributed by atoms with Crippen molar-refractivity contribution in [2.75, 3.05) is 0 Å². The number of aliphatic imine (C=N–C) groups is 1. The minimum atomic E-state index is 0.0765. The fourth-order valence-corrected chi connectivity index (χ4v) is 11.8. The van der Waals surface area contributed by atoms with Crippen LogP contribution >= 0.6 is 0 Å². The summed E-state index contributed by atoms with van der Waals surface area (Å²) >= 11 is 0. The number of furan rings is 1. The molecule has 3 nitrogen and oxygen atoms in total. The van der Waals surface area contributed by atoms with E-state index < -0.39 is 0 Å². The lowest BCUT2D eigenvalue weighted by atomic mass is 9.86. The van der Waals surface area contributed by atoms with E-state index in [2.05, 4.69) is 286 Å². The summed E-state index contributed by atoms with van der Waals surface area (Å²) in [5.74, 6) is 0.0765. The average Bonchev–Trinajstić information content (AvgIpc) is 4.16. The standard InChI is InChI=1S/C76H58N2O/c1-4-70(57-29-15-8-16-30-57)77-71(35-19-24-53-22-9-5-10-23-53)61-32-20-31-60(47-61)63-34-21-37-75-76(63)69-49-59(41-45-74(69)79-75)58-40-44-73-68(48-58)64-33-17-18-36-72(64)78(73)62-42-38-56(39-43-62)67-50-65(54-25-11-6-12-26-54)51(2)46-66(52(67)3)55-27-13-7-14-28-55/h4-34,36-45,47-50,67H,2,35,46H2,1,3H3/b24-19-,70-4+,77-71?. The van der Waals surface area contributed by atoms with Gasteiger partial charge in [-0.1, -0.05) is 231 Å². The van der Waals surface area contributed by atoms with Gasteiger partial charge in [-0.3, -0.25) is 4.99 Å². The predicted octanol–water partition coefficient (Wildman–Crippen LogP) is 20.6. The molecule has 10 aromatic carbocycles. The van der Waals surface area contributed by atoms with Crippen molar-refractivity contribution >= 4 is 72.4 Å². The van der Waals surface area contributed by atoms with Crippen molar-refractivity contribution in [3.8, 4) is 27.9 Å². The summed E-state index contributed by atoms with van der Waals surface area (Å²) in [6.07, 6.45) is 10.4. The molecule has 1 unspecified atom stereocenters. The molecule has 0 aliphatic heterocycles. The summed E-state index contributed by atoms with van der Waals surface area (Å²) in [6.45, 7) is 9.03. The van der Waals surface area contributed by atoms with Crippen LogP contribution in [0.4, 0.5) is 0 Å². The van der Waals surface area contributed by atoms with E-state index in [0.29, 0.717) is 6.42 Å². The van der Waals surface area contributed by atoms with Crippen molar-refractivity contribution < 1.29 is 4.42 Å². The first kappa shape index (κ1) is 48.8. The zero-order valence-electron chi connectivity index (χ0n) is 44.5. The monoisotopic (exact) mass is 1010 g/mol. The SMILES string of the molecule is C=C1CC(c2ccccc2)=C(C)C(c2ccc(-n3c4ccccc4c4cc(-c5ccc6oc7cccc(-c8cccc(C(C/C=C\c9ccccc9)=N/C(=C/C)c9ccccc9)c8)c7c6c5)ccc43)cc2)C=C1c1ccccc1. The van der Waals surface area contributed by atoms with Crippen molar-refractivity contribution in [1.29, 1.82) is 0 Å². The molecular weight excluding hydrogens is 957 g/mol. The quantitative estimate of drug-likeness (QED) is 0.112. The molecule has 0 N–H and O–H groups in total. The van der Waals surface area contributed by atoms with Gasteiger partial charge in [-0.25, -0.2) is 0 Å². The molecule has 0 bridgehead atoms. The number of nitrogens with zero attached hydrogens (tertiary/aromatic N) is 2. The van der Waals surface area contributed by atoms with Crippen LogP contribution in [-0.2, 0) is 0 Å². The predicted molar refractivity (Wildman–Crippen MR) is 336 cm³/mol. The Morgan fingerprint density at radius 2 is 1.19 bits per heavy atom. The highest BCUT2D eigenvalue weighted by Gasteiger charge is 2.24. The molecule has 0 radical (unpaired) electrons. The molecule has 0 saturated carbocycles. The number of aromatic nitrogens is 1. The van der Waals surface area contributed by atoms with Crippen molar-refractivity contribution in [2.45, 2.75) is 32.6 Å². The second kappa shape index (κ2) is 21.3. The van der Waals surface area contributed by atoms with Gasteiger partial charge in [0.05, 0.1) is 22.4 Å². The molecule has 12 aromatic rings. The van der Waals surface area contributed by atoms with Crippen LogP contribution in [0.5, 0.6) is 0 Å². The molecule has 2 heterocycles. The zero-order valence-corrected chi connectivity index (χ0v) is 44.5. The smallest absolute Gasteiger partial charge is 0.136 e. The largest absolute Gasteiger partial charge is 0.456 e. The van der Waals surface area contributed by atoms with E-state index in [1.807, 2.05) is 12.1 Å². The molecule has 1 aliphatic rings. The van der Waals surface area contributed by atoms with Gasteiger partial charge >= 0.3 is 0 Å². The maximum absolute atomic E-state index is 6.64. The highest BCUT2D eigenvalue weighted by molar-refractivity contribution is 6.15. The van der Waals surface area contributed by atoms with Gasteiger partial charge in [0.15, 0.2) is 0 Å². The Kier molecular flexibility index (Phi) is 13.2. The van der Waals surface area contributed by atoms with Crippen LogP contribution in [-0.4, -0.2) is 10.3 Å². The fraction of sp³-hybridized carbons (Fsp3) is 0.0658. The van der Waals surface area contributed by atoms with Gasteiger partial charge in [0.1, 0.15) is 11.2 Å². The first-order valence-electron chi connectivity index (χ1n) is 27.4. The lowest BCUT2D eigenvalue weighted by Crippen LogP contribution is -2.01. The van der Waals surface area contributed by atoms with Crippen molar-refractivity contribution in [3.05, 3.63) is 318 Å².